The van der Waals surface area contributed by atoms with Crippen molar-refractivity contribution in [1.29, 1.82) is 0 Å². The Kier molecular flexibility index (Phi) is 64.2. The van der Waals surface area contributed by atoms with Crippen molar-refractivity contribution in [3.05, 3.63) is 13.8 Å². The van der Waals surface area contributed by atoms with Gasteiger partial charge in [-0.25, -0.2) is 0 Å². The Balaban J connectivity index is -0.0000000883. The van der Waals surface area contributed by atoms with Crippen LogP contribution in [0.4, 0.5) is 0 Å². The van der Waals surface area contributed by atoms with Gasteiger partial charge >= 0.3 is 19.5 Å². The first kappa shape index (κ1) is 24.0. The van der Waals surface area contributed by atoms with Crippen LogP contribution in [0.1, 0.15) is 13.8 Å². The smallest absolute Gasteiger partial charge is 0.382 e. The molecule has 4 heteroatoms. The van der Waals surface area contributed by atoms with Gasteiger partial charge in [0, 0.05) is 14.2 Å². The second kappa shape index (κ2) is 37.5. The van der Waals surface area contributed by atoms with Crippen LogP contribution in [0.25, 0.3) is 0 Å². The van der Waals surface area contributed by atoms with Crippen molar-refractivity contribution in [3.63, 3.8) is 0 Å². The summed E-state index contributed by atoms with van der Waals surface area (Å²) in [6, 6.07) is 0. The van der Waals surface area contributed by atoms with Crippen LogP contribution in [0.5, 0.6) is 0 Å². The Morgan fingerprint density at radius 2 is 1.00 bits per heavy atom. The Bertz CT molecular complexity index is 48.6. The fourth-order valence-electron chi connectivity index (χ4n) is 0.387. The Labute approximate surface area is 102 Å². The average molecular weight is 258 g/mol. The number of hydrogen-bond donors (Lipinski definition) is 0. The van der Waals surface area contributed by atoms with Crippen LogP contribution in [0.2, 0.25) is 0 Å². The van der Waals surface area contributed by atoms with Gasteiger partial charge < -0.3 is 28.1 Å². The molecule has 0 unspecified atom stereocenters. The summed E-state index contributed by atoms with van der Waals surface area (Å²) in [7, 11) is 3.30. The first-order chi connectivity index (χ1) is 6.41. The number of ether oxygens (including phenoxy) is 3. The standard InChI is InChI=1S/C6H14O3.2C2H5.Zn/c1-7-3-5-9-6-4-8-2;2*1-2;/h3-6H2,1-2H3;2*1H2,2H3;/q;2*-1;+2. The largest absolute Gasteiger partial charge is 2.00 e. The Morgan fingerprint density at radius 1 is 0.714 bits per heavy atom. The van der Waals surface area contributed by atoms with Gasteiger partial charge in [0.05, 0.1) is 26.4 Å². The normalized spacial score (nSPS) is 7.29. The van der Waals surface area contributed by atoms with Gasteiger partial charge in [-0.1, -0.05) is 0 Å². The van der Waals surface area contributed by atoms with Crippen LogP contribution in [0.15, 0.2) is 0 Å². The third-order valence-corrected chi connectivity index (χ3v) is 0.864. The number of rotatable bonds is 6. The molecule has 0 amide bonds. The third kappa shape index (κ3) is 39.1. The first-order valence-electron chi connectivity index (χ1n) is 4.39. The van der Waals surface area contributed by atoms with Crippen LogP contribution in [-0.2, 0) is 33.7 Å². The van der Waals surface area contributed by atoms with Gasteiger partial charge in [0.15, 0.2) is 0 Å². The van der Waals surface area contributed by atoms with Gasteiger partial charge in [-0.15, -0.1) is 0 Å². The average Bonchev–Trinajstić information content (AvgIpc) is 2.24. The van der Waals surface area contributed by atoms with Gasteiger partial charge in [-0.3, -0.25) is 0 Å². The second-order valence-electron chi connectivity index (χ2n) is 1.60. The SMILES string of the molecule is COCCOCCOC.[CH2-]C.[CH2-]C.[Zn+2]. The molecule has 0 aliphatic carbocycles. The molecule has 0 spiro atoms. The minimum atomic E-state index is 0. The minimum Gasteiger partial charge on any atom is -0.382 e. The Hall–Kier alpha value is 0.503. The fourth-order valence-corrected chi connectivity index (χ4v) is 0.387. The summed E-state index contributed by atoms with van der Waals surface area (Å²) < 4.78 is 14.6. The molecule has 0 bridgehead atoms. The summed E-state index contributed by atoms with van der Waals surface area (Å²) in [4.78, 5) is 0. The zero-order valence-corrected chi connectivity index (χ0v) is 13.1. The first-order valence-corrected chi connectivity index (χ1v) is 4.39. The van der Waals surface area contributed by atoms with Crippen LogP contribution >= 0.6 is 0 Å². The summed E-state index contributed by atoms with van der Waals surface area (Å²) in [6.45, 7) is 12.6. The van der Waals surface area contributed by atoms with E-state index in [1.807, 2.05) is 0 Å². The van der Waals surface area contributed by atoms with Gasteiger partial charge in [0.1, 0.15) is 0 Å². The summed E-state index contributed by atoms with van der Waals surface area (Å²) >= 11 is 0. The molecule has 0 aromatic heterocycles. The van der Waals surface area contributed by atoms with Gasteiger partial charge in [-0.2, -0.15) is 13.8 Å². The zero-order valence-electron chi connectivity index (χ0n) is 10.2. The van der Waals surface area contributed by atoms with Crippen LogP contribution in [-0.4, -0.2) is 40.6 Å². The van der Waals surface area contributed by atoms with Crippen molar-refractivity contribution < 1.29 is 33.7 Å². The molecule has 0 saturated carbocycles. The molecule has 0 aromatic rings. The molecule has 0 N–H and O–H groups in total. The quantitative estimate of drug-likeness (QED) is 0.414. The van der Waals surface area contributed by atoms with Gasteiger partial charge in [0.25, 0.3) is 0 Å². The molecule has 0 aliphatic heterocycles. The maximum Gasteiger partial charge on any atom is 2.00 e. The van der Waals surface area contributed by atoms with E-state index < -0.39 is 0 Å². The van der Waals surface area contributed by atoms with Gasteiger partial charge in [0.2, 0.25) is 0 Å². The van der Waals surface area contributed by atoms with E-state index in [1.54, 1.807) is 28.1 Å². The second-order valence-corrected chi connectivity index (χ2v) is 1.60. The van der Waals surface area contributed by atoms with E-state index in [9.17, 15) is 0 Å². The molecule has 14 heavy (non-hydrogen) atoms. The number of hydrogen-bond acceptors (Lipinski definition) is 3. The monoisotopic (exact) mass is 256 g/mol. The predicted octanol–water partition coefficient (Wildman–Crippen LogP) is 1.97. The van der Waals surface area contributed by atoms with Crippen molar-refractivity contribution >= 4 is 0 Å². The number of methoxy groups -OCH3 is 2. The van der Waals surface area contributed by atoms with E-state index >= 15 is 0 Å². The molecule has 0 fully saturated rings. The molecule has 3 nitrogen and oxygen atoms in total. The molecule has 0 heterocycles. The van der Waals surface area contributed by atoms with E-state index in [0.717, 1.165) is 0 Å². The summed E-state index contributed by atoms with van der Waals surface area (Å²) in [5, 5.41) is 0. The topological polar surface area (TPSA) is 27.7 Å². The molecule has 0 atom stereocenters. The predicted molar refractivity (Wildman–Crippen MR) is 56.6 cm³/mol. The van der Waals surface area contributed by atoms with Crippen LogP contribution < -0.4 is 0 Å². The molecular formula is C10H24O3Zn. The molecule has 84 valence electrons. The molecule has 0 saturated heterocycles. The van der Waals surface area contributed by atoms with E-state index in [0.29, 0.717) is 26.4 Å². The van der Waals surface area contributed by atoms with E-state index in [4.69, 9.17) is 14.2 Å². The zero-order chi connectivity index (χ0) is 10.9. The van der Waals surface area contributed by atoms with E-state index in [2.05, 4.69) is 13.8 Å². The van der Waals surface area contributed by atoms with Crippen molar-refractivity contribution in [2.75, 3.05) is 40.6 Å². The van der Waals surface area contributed by atoms with Crippen molar-refractivity contribution in [3.8, 4) is 0 Å². The molecule has 0 radical (unpaired) electrons. The van der Waals surface area contributed by atoms with Gasteiger partial charge in [-0.05, 0) is 0 Å². The van der Waals surface area contributed by atoms with Crippen LogP contribution in [0, 0.1) is 13.8 Å². The van der Waals surface area contributed by atoms with E-state index in [1.165, 1.54) is 0 Å². The maximum atomic E-state index is 5.06. The minimum absolute atomic E-state index is 0. The summed E-state index contributed by atoms with van der Waals surface area (Å²) in [5.74, 6) is 0. The molecule has 0 aromatic carbocycles. The fraction of sp³-hybridized carbons (Fsp3) is 0.800. The molecular weight excluding hydrogens is 233 g/mol. The summed E-state index contributed by atoms with van der Waals surface area (Å²) in [5.41, 5.74) is 0. The molecule has 0 rings (SSSR count). The van der Waals surface area contributed by atoms with Crippen molar-refractivity contribution in [2.24, 2.45) is 0 Å². The van der Waals surface area contributed by atoms with Crippen molar-refractivity contribution in [1.82, 2.24) is 0 Å². The summed E-state index contributed by atoms with van der Waals surface area (Å²) in [6.07, 6.45) is 0. The molecule has 0 aliphatic rings. The van der Waals surface area contributed by atoms with Crippen molar-refractivity contribution in [2.45, 2.75) is 13.8 Å². The Morgan fingerprint density at radius 3 is 1.21 bits per heavy atom. The van der Waals surface area contributed by atoms with E-state index in [-0.39, 0.29) is 19.5 Å². The maximum absolute atomic E-state index is 5.06. The third-order valence-electron chi connectivity index (χ3n) is 0.864. The van der Waals surface area contributed by atoms with Crippen LogP contribution in [0.3, 0.4) is 0 Å².